The molecule has 0 aliphatic carbocycles. The number of hydrogen-bond acceptors (Lipinski definition) is 2. The molecule has 72 valence electrons. The molecule has 0 radical (unpaired) electrons. The first kappa shape index (κ1) is 11.6. The molecule has 0 fully saturated rings. The third-order valence-corrected chi connectivity index (χ3v) is 4.90. The summed E-state index contributed by atoms with van der Waals surface area (Å²) in [6.45, 7) is 0. The number of halogens is 3. The Bertz CT molecular complexity index is 385. The lowest BCUT2D eigenvalue weighted by atomic mass is 10.4. The van der Waals surface area contributed by atoms with Gasteiger partial charge in [0, 0.05) is 3.57 Å². The van der Waals surface area contributed by atoms with E-state index >= 15 is 0 Å². The molecule has 0 N–H and O–H groups in total. The Morgan fingerprint density at radius 1 is 1.15 bits per heavy atom. The van der Waals surface area contributed by atoms with E-state index in [1.807, 2.05) is 0 Å². The highest BCUT2D eigenvalue weighted by Crippen LogP contribution is 2.22. The van der Waals surface area contributed by atoms with Crippen LogP contribution < -0.4 is 0 Å². The van der Waals surface area contributed by atoms with Crippen molar-refractivity contribution in [3.63, 3.8) is 0 Å². The van der Waals surface area contributed by atoms with Crippen molar-refractivity contribution in [2.45, 2.75) is 9.06 Å². The van der Waals surface area contributed by atoms with E-state index in [9.17, 15) is 8.42 Å². The second-order valence-electron chi connectivity index (χ2n) is 2.26. The van der Waals surface area contributed by atoms with E-state index < -0.39 is 14.0 Å². The average Bonchev–Trinajstić information content (AvgIpc) is 2.04. The molecular weight excluding hydrogens is 346 g/mol. The van der Waals surface area contributed by atoms with E-state index in [0.29, 0.717) is 0 Å². The summed E-state index contributed by atoms with van der Waals surface area (Å²) in [6, 6.07) is 6.33. The molecule has 1 rings (SSSR count). The molecule has 0 amide bonds. The van der Waals surface area contributed by atoms with Crippen molar-refractivity contribution >= 4 is 55.6 Å². The van der Waals surface area contributed by atoms with Gasteiger partial charge < -0.3 is 0 Å². The maximum atomic E-state index is 11.4. The Morgan fingerprint density at radius 2 is 1.62 bits per heavy atom. The van der Waals surface area contributed by atoms with Gasteiger partial charge in [0.05, 0.1) is 4.90 Å². The van der Waals surface area contributed by atoms with Crippen LogP contribution in [0.5, 0.6) is 0 Å². The summed E-state index contributed by atoms with van der Waals surface area (Å²) in [5.41, 5.74) is 0. The predicted molar refractivity (Wildman–Crippen MR) is 61.8 cm³/mol. The molecular formula is C7H5Cl2IO2S. The molecule has 0 unspecified atom stereocenters. The van der Waals surface area contributed by atoms with Crippen molar-refractivity contribution in [2.75, 3.05) is 0 Å². The zero-order chi connectivity index (χ0) is 10.1. The minimum Gasteiger partial charge on any atom is -0.221 e. The van der Waals surface area contributed by atoms with Gasteiger partial charge in [0.1, 0.15) is 0 Å². The molecule has 0 aromatic heterocycles. The highest BCUT2D eigenvalue weighted by molar-refractivity contribution is 14.1. The van der Waals surface area contributed by atoms with E-state index in [2.05, 4.69) is 22.6 Å². The molecule has 0 bridgehead atoms. The van der Waals surface area contributed by atoms with Crippen LogP contribution in [-0.2, 0) is 9.84 Å². The van der Waals surface area contributed by atoms with Crippen LogP contribution in [-0.4, -0.2) is 12.6 Å². The number of benzene rings is 1. The lowest BCUT2D eigenvalue weighted by molar-refractivity contribution is 0.598. The van der Waals surface area contributed by atoms with Crippen LogP contribution in [0.4, 0.5) is 0 Å². The topological polar surface area (TPSA) is 34.1 Å². The SMILES string of the molecule is O=S(=O)(c1ccc(I)cc1)C(Cl)Cl. The first-order valence-electron chi connectivity index (χ1n) is 3.22. The molecule has 0 atom stereocenters. The van der Waals surface area contributed by atoms with Gasteiger partial charge in [0.15, 0.2) is 0 Å². The van der Waals surface area contributed by atoms with Gasteiger partial charge in [-0.05, 0) is 46.9 Å². The van der Waals surface area contributed by atoms with E-state index in [-0.39, 0.29) is 4.90 Å². The molecule has 13 heavy (non-hydrogen) atoms. The van der Waals surface area contributed by atoms with Crippen molar-refractivity contribution < 1.29 is 8.42 Å². The van der Waals surface area contributed by atoms with Gasteiger partial charge in [-0.3, -0.25) is 0 Å². The van der Waals surface area contributed by atoms with Crippen molar-refractivity contribution in [3.05, 3.63) is 27.8 Å². The highest BCUT2D eigenvalue weighted by atomic mass is 127. The molecule has 0 aliphatic rings. The Balaban J connectivity index is 3.17. The predicted octanol–water partition coefficient (Wildman–Crippen LogP) is 2.83. The molecule has 0 spiro atoms. The lowest BCUT2D eigenvalue weighted by Gasteiger charge is -2.03. The normalized spacial score (nSPS) is 12.0. The maximum Gasteiger partial charge on any atom is 0.212 e. The average molecular weight is 351 g/mol. The maximum absolute atomic E-state index is 11.4. The van der Waals surface area contributed by atoms with Gasteiger partial charge in [-0.15, -0.1) is 0 Å². The lowest BCUT2D eigenvalue weighted by Crippen LogP contribution is -2.09. The van der Waals surface area contributed by atoms with Crippen LogP contribution in [0.15, 0.2) is 29.2 Å². The van der Waals surface area contributed by atoms with E-state index in [4.69, 9.17) is 23.2 Å². The van der Waals surface area contributed by atoms with Crippen LogP contribution >= 0.6 is 45.8 Å². The summed E-state index contributed by atoms with van der Waals surface area (Å²) in [5, 5.41) is 0. The fourth-order valence-electron chi connectivity index (χ4n) is 0.727. The Hall–Kier alpha value is 0.480. The second kappa shape index (κ2) is 4.33. The van der Waals surface area contributed by atoms with Crippen molar-refractivity contribution in [1.29, 1.82) is 0 Å². The van der Waals surface area contributed by atoms with E-state index in [1.165, 1.54) is 12.1 Å². The number of alkyl halides is 2. The van der Waals surface area contributed by atoms with Gasteiger partial charge in [0.2, 0.25) is 14.0 Å². The number of sulfone groups is 1. The smallest absolute Gasteiger partial charge is 0.212 e. The monoisotopic (exact) mass is 350 g/mol. The first-order chi connectivity index (χ1) is 5.94. The quantitative estimate of drug-likeness (QED) is 0.607. The van der Waals surface area contributed by atoms with Gasteiger partial charge in [0.25, 0.3) is 0 Å². The summed E-state index contributed by atoms with van der Waals surface area (Å²) < 4.78 is 22.3. The summed E-state index contributed by atoms with van der Waals surface area (Å²) in [4.78, 5) is 0.142. The Labute approximate surface area is 100 Å². The second-order valence-corrected chi connectivity index (χ2v) is 7.15. The van der Waals surface area contributed by atoms with Gasteiger partial charge in [-0.25, -0.2) is 8.42 Å². The molecule has 1 aromatic rings. The summed E-state index contributed by atoms with van der Waals surface area (Å²) in [5.74, 6) is 0. The zero-order valence-corrected chi connectivity index (χ0v) is 10.7. The molecule has 0 aliphatic heterocycles. The Morgan fingerprint density at radius 3 is 2.00 bits per heavy atom. The standard InChI is InChI=1S/C7H5Cl2IO2S/c8-7(9)13(11,12)6-3-1-5(10)2-4-6/h1-4,7H. The van der Waals surface area contributed by atoms with Crippen LogP contribution in [0.25, 0.3) is 0 Å². The molecule has 2 nitrogen and oxygen atoms in total. The first-order valence-corrected chi connectivity index (χ1v) is 6.72. The third kappa shape index (κ3) is 2.71. The fourth-order valence-corrected chi connectivity index (χ4v) is 2.43. The van der Waals surface area contributed by atoms with Crippen LogP contribution in [0.2, 0.25) is 0 Å². The summed E-state index contributed by atoms with van der Waals surface area (Å²) in [7, 11) is -3.57. The molecule has 0 heterocycles. The van der Waals surface area contributed by atoms with E-state index in [1.54, 1.807) is 12.1 Å². The van der Waals surface area contributed by atoms with Crippen LogP contribution in [0.3, 0.4) is 0 Å². The van der Waals surface area contributed by atoms with Gasteiger partial charge >= 0.3 is 0 Å². The van der Waals surface area contributed by atoms with Crippen LogP contribution in [0, 0.1) is 3.57 Å². The van der Waals surface area contributed by atoms with Crippen molar-refractivity contribution in [1.82, 2.24) is 0 Å². The molecule has 1 aromatic carbocycles. The molecule has 0 saturated heterocycles. The Kier molecular flexibility index (Phi) is 3.85. The summed E-state index contributed by atoms with van der Waals surface area (Å²) in [6.07, 6.45) is 0. The van der Waals surface area contributed by atoms with Gasteiger partial charge in [-0.1, -0.05) is 23.2 Å². The largest absolute Gasteiger partial charge is 0.221 e. The zero-order valence-electron chi connectivity index (χ0n) is 6.25. The fraction of sp³-hybridized carbons (Fsp3) is 0.143. The van der Waals surface area contributed by atoms with E-state index in [0.717, 1.165) is 3.57 Å². The minimum absolute atomic E-state index is 0.142. The summed E-state index contributed by atoms with van der Waals surface area (Å²) >= 11 is 12.7. The minimum atomic E-state index is -3.57. The highest BCUT2D eigenvalue weighted by Gasteiger charge is 2.22. The van der Waals surface area contributed by atoms with Gasteiger partial charge in [-0.2, -0.15) is 0 Å². The number of hydrogen-bond donors (Lipinski definition) is 0. The molecule has 0 saturated carbocycles. The number of rotatable bonds is 2. The van der Waals surface area contributed by atoms with Crippen molar-refractivity contribution in [3.8, 4) is 0 Å². The van der Waals surface area contributed by atoms with Crippen molar-refractivity contribution in [2.24, 2.45) is 0 Å². The molecule has 6 heteroatoms. The third-order valence-electron chi connectivity index (χ3n) is 1.38. The van der Waals surface area contributed by atoms with Crippen LogP contribution in [0.1, 0.15) is 0 Å².